The van der Waals surface area contributed by atoms with E-state index in [9.17, 15) is 4.79 Å². The van der Waals surface area contributed by atoms with Gasteiger partial charge in [-0.1, -0.05) is 12.1 Å². The molecule has 0 saturated heterocycles. The average molecular weight is 281 g/mol. The van der Waals surface area contributed by atoms with Crippen molar-refractivity contribution in [1.29, 1.82) is 0 Å². The maximum atomic E-state index is 12.3. The minimum Gasteiger partial charge on any atom is -0.492 e. The summed E-state index contributed by atoms with van der Waals surface area (Å²) in [5, 5.41) is 2.87. The topological polar surface area (TPSA) is 55.6 Å². The number of rotatable bonds is 4. The zero-order valence-electron chi connectivity index (χ0n) is 11.6. The molecule has 1 aromatic carbocycles. The maximum Gasteiger partial charge on any atom is 0.255 e. The molecular weight excluding hydrogens is 266 g/mol. The Labute approximate surface area is 122 Å². The molecule has 0 aliphatic heterocycles. The highest BCUT2D eigenvalue weighted by Crippen LogP contribution is 2.24. The van der Waals surface area contributed by atoms with Gasteiger partial charge in [-0.25, -0.2) is 4.98 Å². The molecule has 2 heterocycles. The van der Waals surface area contributed by atoms with Crippen molar-refractivity contribution in [3.8, 4) is 5.75 Å². The Morgan fingerprint density at radius 3 is 3.05 bits per heavy atom. The van der Waals surface area contributed by atoms with E-state index in [0.717, 1.165) is 5.52 Å². The number of ether oxygens (including phenoxy) is 1. The van der Waals surface area contributed by atoms with Crippen LogP contribution in [0.25, 0.3) is 5.52 Å². The summed E-state index contributed by atoms with van der Waals surface area (Å²) in [4.78, 5) is 16.4. The number of anilines is 1. The molecule has 1 N–H and O–H groups in total. The van der Waals surface area contributed by atoms with Crippen LogP contribution in [-0.2, 0) is 0 Å². The first-order valence-electron chi connectivity index (χ1n) is 6.73. The van der Waals surface area contributed by atoms with E-state index in [1.165, 1.54) is 0 Å². The van der Waals surface area contributed by atoms with Gasteiger partial charge in [0.25, 0.3) is 5.91 Å². The van der Waals surface area contributed by atoms with Crippen LogP contribution in [0.15, 0.2) is 55.1 Å². The lowest BCUT2D eigenvalue weighted by Gasteiger charge is -2.11. The van der Waals surface area contributed by atoms with Crippen LogP contribution in [0, 0.1) is 0 Å². The molecule has 0 atom stereocenters. The van der Waals surface area contributed by atoms with Crippen LogP contribution in [0.5, 0.6) is 5.75 Å². The van der Waals surface area contributed by atoms with E-state index in [-0.39, 0.29) is 5.91 Å². The summed E-state index contributed by atoms with van der Waals surface area (Å²) in [5.74, 6) is 0.490. The number of fused-ring (bicyclic) bond motifs is 1. The third-order valence-corrected chi connectivity index (χ3v) is 3.11. The summed E-state index contributed by atoms with van der Waals surface area (Å²) in [6, 6.07) is 10.9. The second kappa shape index (κ2) is 5.66. The molecule has 5 heteroatoms. The van der Waals surface area contributed by atoms with E-state index in [4.69, 9.17) is 4.74 Å². The Balaban J connectivity index is 1.85. The normalized spacial score (nSPS) is 10.5. The predicted molar refractivity (Wildman–Crippen MR) is 80.8 cm³/mol. The first-order chi connectivity index (χ1) is 10.3. The molecule has 106 valence electrons. The van der Waals surface area contributed by atoms with Crippen molar-refractivity contribution in [3.05, 3.63) is 60.7 Å². The van der Waals surface area contributed by atoms with Crippen LogP contribution >= 0.6 is 0 Å². The molecule has 21 heavy (non-hydrogen) atoms. The largest absolute Gasteiger partial charge is 0.492 e. The van der Waals surface area contributed by atoms with E-state index >= 15 is 0 Å². The first kappa shape index (κ1) is 13.2. The Bertz CT molecular complexity index is 780. The van der Waals surface area contributed by atoms with Gasteiger partial charge in [0.05, 0.1) is 30.3 Å². The van der Waals surface area contributed by atoms with Gasteiger partial charge in [0.15, 0.2) is 0 Å². The molecule has 3 aromatic rings. The number of pyridine rings is 1. The highest BCUT2D eigenvalue weighted by atomic mass is 16.5. The zero-order chi connectivity index (χ0) is 14.7. The minimum absolute atomic E-state index is 0.175. The molecule has 2 aromatic heterocycles. The molecule has 0 aliphatic rings. The van der Waals surface area contributed by atoms with Crippen molar-refractivity contribution in [2.75, 3.05) is 11.9 Å². The fourth-order valence-electron chi connectivity index (χ4n) is 2.11. The Hall–Kier alpha value is -2.82. The van der Waals surface area contributed by atoms with Gasteiger partial charge in [-0.2, -0.15) is 0 Å². The van der Waals surface area contributed by atoms with Crippen molar-refractivity contribution in [2.45, 2.75) is 6.92 Å². The molecule has 1 amide bonds. The Kier molecular flexibility index (Phi) is 3.55. The van der Waals surface area contributed by atoms with Gasteiger partial charge in [0.1, 0.15) is 5.75 Å². The molecule has 0 saturated carbocycles. The number of nitrogens with one attached hydrogen (secondary N) is 1. The van der Waals surface area contributed by atoms with E-state index in [1.54, 1.807) is 24.7 Å². The van der Waals surface area contributed by atoms with Gasteiger partial charge in [-0.05, 0) is 31.2 Å². The van der Waals surface area contributed by atoms with E-state index in [0.29, 0.717) is 23.6 Å². The van der Waals surface area contributed by atoms with Gasteiger partial charge < -0.3 is 14.5 Å². The molecule has 0 radical (unpaired) electrons. The molecule has 5 nitrogen and oxygen atoms in total. The quantitative estimate of drug-likeness (QED) is 0.800. The number of carbonyl (C=O) groups excluding carboxylic acids is 1. The third-order valence-electron chi connectivity index (χ3n) is 3.11. The number of imidazole rings is 1. The number of amides is 1. The second-order valence-corrected chi connectivity index (χ2v) is 4.52. The predicted octanol–water partition coefficient (Wildman–Crippen LogP) is 2.99. The molecule has 0 fully saturated rings. The lowest BCUT2D eigenvalue weighted by atomic mass is 10.2. The molecule has 0 aliphatic carbocycles. The number of nitrogens with zero attached hydrogens (tertiary/aromatic N) is 2. The lowest BCUT2D eigenvalue weighted by molar-refractivity contribution is 0.102. The van der Waals surface area contributed by atoms with Crippen molar-refractivity contribution >= 4 is 17.1 Å². The van der Waals surface area contributed by atoms with Crippen LogP contribution in [0.2, 0.25) is 0 Å². The summed E-state index contributed by atoms with van der Waals surface area (Å²) >= 11 is 0. The summed E-state index contributed by atoms with van der Waals surface area (Å²) < 4.78 is 7.35. The summed E-state index contributed by atoms with van der Waals surface area (Å²) in [6.07, 6.45) is 5.22. The van der Waals surface area contributed by atoms with Crippen LogP contribution in [0.3, 0.4) is 0 Å². The highest BCUT2D eigenvalue weighted by molar-refractivity contribution is 6.05. The van der Waals surface area contributed by atoms with E-state index in [2.05, 4.69) is 10.3 Å². The third kappa shape index (κ3) is 2.72. The SMILES string of the molecule is CCOc1ccccc1NC(=O)c1ccn2cncc2c1. The summed E-state index contributed by atoms with van der Waals surface area (Å²) in [7, 11) is 0. The van der Waals surface area contributed by atoms with E-state index < -0.39 is 0 Å². The van der Waals surface area contributed by atoms with Gasteiger partial charge in [-0.15, -0.1) is 0 Å². The Morgan fingerprint density at radius 1 is 1.33 bits per heavy atom. The lowest BCUT2D eigenvalue weighted by Crippen LogP contribution is -2.13. The monoisotopic (exact) mass is 281 g/mol. The molecule has 3 rings (SSSR count). The van der Waals surface area contributed by atoms with Crippen molar-refractivity contribution in [2.24, 2.45) is 0 Å². The van der Waals surface area contributed by atoms with Gasteiger partial charge in [0.2, 0.25) is 0 Å². The number of para-hydroxylation sites is 2. The zero-order valence-corrected chi connectivity index (χ0v) is 11.6. The fourth-order valence-corrected chi connectivity index (χ4v) is 2.11. The van der Waals surface area contributed by atoms with Crippen LogP contribution in [0.4, 0.5) is 5.69 Å². The Morgan fingerprint density at radius 2 is 2.19 bits per heavy atom. The summed E-state index contributed by atoms with van der Waals surface area (Å²) in [6.45, 7) is 2.46. The first-order valence-corrected chi connectivity index (χ1v) is 6.73. The molecule has 0 unspecified atom stereocenters. The molecule has 0 bridgehead atoms. The minimum atomic E-state index is -0.175. The average Bonchev–Trinajstić information content (AvgIpc) is 2.97. The standard InChI is InChI=1S/C16H15N3O2/c1-2-21-15-6-4-3-5-14(15)18-16(20)12-7-8-19-11-17-10-13(19)9-12/h3-11H,2H2,1H3,(H,18,20). The van der Waals surface area contributed by atoms with Crippen LogP contribution in [-0.4, -0.2) is 21.9 Å². The van der Waals surface area contributed by atoms with Gasteiger partial charge in [0, 0.05) is 11.8 Å². The molecular formula is C16H15N3O2. The number of aromatic nitrogens is 2. The van der Waals surface area contributed by atoms with Crippen molar-refractivity contribution in [1.82, 2.24) is 9.38 Å². The smallest absolute Gasteiger partial charge is 0.255 e. The number of carbonyl (C=O) groups is 1. The van der Waals surface area contributed by atoms with Gasteiger partial charge in [-0.3, -0.25) is 4.79 Å². The van der Waals surface area contributed by atoms with Crippen LogP contribution in [0.1, 0.15) is 17.3 Å². The van der Waals surface area contributed by atoms with Crippen molar-refractivity contribution in [3.63, 3.8) is 0 Å². The number of hydrogen-bond acceptors (Lipinski definition) is 3. The highest BCUT2D eigenvalue weighted by Gasteiger charge is 2.10. The van der Waals surface area contributed by atoms with Crippen LogP contribution < -0.4 is 10.1 Å². The number of benzene rings is 1. The second-order valence-electron chi connectivity index (χ2n) is 4.52. The number of hydrogen-bond donors (Lipinski definition) is 1. The fraction of sp³-hybridized carbons (Fsp3) is 0.125. The maximum absolute atomic E-state index is 12.3. The van der Waals surface area contributed by atoms with E-state index in [1.807, 2.05) is 41.8 Å². The van der Waals surface area contributed by atoms with Crippen molar-refractivity contribution < 1.29 is 9.53 Å². The molecule has 0 spiro atoms. The summed E-state index contributed by atoms with van der Waals surface area (Å²) in [5.41, 5.74) is 2.12. The van der Waals surface area contributed by atoms with Gasteiger partial charge >= 0.3 is 0 Å².